The van der Waals surface area contributed by atoms with Crippen LogP contribution in [0.4, 0.5) is 0 Å². The summed E-state index contributed by atoms with van der Waals surface area (Å²) < 4.78 is 6.61. The highest BCUT2D eigenvalue weighted by Gasteiger charge is 2.52. The van der Waals surface area contributed by atoms with Crippen LogP contribution in [0.3, 0.4) is 0 Å². The third kappa shape index (κ3) is 4.64. The summed E-state index contributed by atoms with van der Waals surface area (Å²) >= 11 is 0. The average Bonchev–Trinajstić information content (AvgIpc) is 2.64. The minimum absolute atomic E-state index is 0.00931. The lowest BCUT2D eigenvalue weighted by Gasteiger charge is -2.53. The monoisotopic (exact) mass is 397 g/mol. The van der Waals surface area contributed by atoms with Crippen molar-refractivity contribution in [3.63, 3.8) is 0 Å². The second-order valence-electron chi connectivity index (χ2n) is 10.5. The Morgan fingerprint density at radius 1 is 1.28 bits per heavy atom. The highest BCUT2D eigenvalue weighted by molar-refractivity contribution is 5.36. The topological polar surface area (TPSA) is 53.2 Å². The molecular formula is C26H39NO2. The van der Waals surface area contributed by atoms with Crippen molar-refractivity contribution < 1.29 is 9.84 Å². The van der Waals surface area contributed by atoms with Gasteiger partial charge in [0.25, 0.3) is 0 Å². The molecule has 1 heterocycles. The van der Waals surface area contributed by atoms with E-state index in [0.29, 0.717) is 24.0 Å². The molecule has 4 atom stereocenters. The Labute approximate surface area is 177 Å². The first kappa shape index (κ1) is 22.2. The number of aliphatic hydroxyl groups is 1. The third-order valence-corrected chi connectivity index (χ3v) is 7.55. The molecule has 1 aliphatic heterocycles. The summed E-state index contributed by atoms with van der Waals surface area (Å²) in [6.07, 6.45) is 15.0. The van der Waals surface area contributed by atoms with Gasteiger partial charge in [-0.2, -0.15) is 5.26 Å². The molecule has 2 aliphatic carbocycles. The van der Waals surface area contributed by atoms with Crippen molar-refractivity contribution in [2.24, 2.45) is 23.2 Å². The summed E-state index contributed by atoms with van der Waals surface area (Å²) in [6.45, 7) is 11.2. The van der Waals surface area contributed by atoms with Crippen LogP contribution in [0.15, 0.2) is 35.1 Å². The molecule has 1 N–H and O–H groups in total. The van der Waals surface area contributed by atoms with Gasteiger partial charge in [0.2, 0.25) is 0 Å². The Kier molecular flexibility index (Phi) is 6.64. The van der Waals surface area contributed by atoms with Gasteiger partial charge in [-0.15, -0.1) is 0 Å². The zero-order chi connectivity index (χ0) is 21.2. The number of nitrogens with zero attached hydrogens (tertiary/aromatic N) is 1. The SMILES string of the molecule is CCCCCCC(C)(C)C1=CC2OC(C)(C)C3CC=C(CC#N)CC3[C@@H]2C(O)=C1. The Bertz CT molecular complexity index is 734. The van der Waals surface area contributed by atoms with Crippen molar-refractivity contribution in [2.75, 3.05) is 0 Å². The minimum Gasteiger partial charge on any atom is -0.512 e. The van der Waals surface area contributed by atoms with Crippen LogP contribution in [-0.2, 0) is 4.74 Å². The maximum Gasteiger partial charge on any atom is 0.0988 e. The van der Waals surface area contributed by atoms with Crippen LogP contribution in [0.25, 0.3) is 0 Å². The fourth-order valence-electron chi connectivity index (χ4n) is 5.74. The van der Waals surface area contributed by atoms with E-state index < -0.39 is 0 Å². The molecule has 0 spiro atoms. The predicted molar refractivity (Wildman–Crippen MR) is 118 cm³/mol. The molecule has 0 radical (unpaired) electrons. The van der Waals surface area contributed by atoms with Gasteiger partial charge in [-0.25, -0.2) is 0 Å². The normalized spacial score (nSPS) is 31.0. The molecule has 0 saturated carbocycles. The van der Waals surface area contributed by atoms with Gasteiger partial charge < -0.3 is 9.84 Å². The number of rotatable bonds is 7. The molecular weight excluding hydrogens is 358 g/mol. The number of unbranched alkanes of at least 4 members (excludes halogenated alkanes) is 3. The zero-order valence-electron chi connectivity index (χ0n) is 19.0. The lowest BCUT2D eigenvalue weighted by Crippen LogP contribution is -2.54. The van der Waals surface area contributed by atoms with Crippen LogP contribution in [0.5, 0.6) is 0 Å². The van der Waals surface area contributed by atoms with Crippen molar-refractivity contribution in [3.8, 4) is 6.07 Å². The smallest absolute Gasteiger partial charge is 0.0988 e. The van der Waals surface area contributed by atoms with Crippen LogP contribution in [0.2, 0.25) is 0 Å². The summed E-state index contributed by atoms with van der Waals surface area (Å²) in [5.41, 5.74) is 2.25. The minimum atomic E-state index is -0.231. The first-order valence-electron chi connectivity index (χ1n) is 11.5. The van der Waals surface area contributed by atoms with Crippen molar-refractivity contribution in [1.29, 1.82) is 5.26 Å². The molecule has 29 heavy (non-hydrogen) atoms. The van der Waals surface area contributed by atoms with Gasteiger partial charge in [-0.3, -0.25) is 0 Å². The van der Waals surface area contributed by atoms with Crippen LogP contribution in [0, 0.1) is 34.5 Å². The summed E-state index contributed by atoms with van der Waals surface area (Å²) in [5, 5.41) is 20.3. The fraction of sp³-hybridized carbons (Fsp3) is 0.731. The number of aliphatic hydroxyl groups excluding tert-OH is 1. The Balaban J connectivity index is 1.83. The van der Waals surface area contributed by atoms with E-state index in [1.807, 2.05) is 6.08 Å². The molecule has 0 amide bonds. The van der Waals surface area contributed by atoms with Crippen molar-refractivity contribution in [1.82, 2.24) is 0 Å². The third-order valence-electron chi connectivity index (χ3n) is 7.55. The van der Waals surface area contributed by atoms with Crippen molar-refractivity contribution >= 4 is 0 Å². The van der Waals surface area contributed by atoms with Gasteiger partial charge in [0.05, 0.1) is 30.0 Å². The van der Waals surface area contributed by atoms with Crippen LogP contribution in [-0.4, -0.2) is 16.8 Å². The maximum atomic E-state index is 11.1. The summed E-state index contributed by atoms with van der Waals surface area (Å²) in [6, 6.07) is 2.30. The molecule has 0 aromatic carbocycles. The van der Waals surface area contributed by atoms with E-state index in [-0.39, 0.29) is 23.0 Å². The Morgan fingerprint density at radius 2 is 2.03 bits per heavy atom. The van der Waals surface area contributed by atoms with E-state index in [9.17, 15) is 5.11 Å². The molecule has 1 fully saturated rings. The number of hydrogen-bond donors (Lipinski definition) is 1. The molecule has 0 bridgehead atoms. The Hall–Kier alpha value is -1.53. The van der Waals surface area contributed by atoms with Gasteiger partial charge in [0.15, 0.2) is 0 Å². The molecule has 0 aromatic heterocycles. The molecule has 3 rings (SSSR count). The summed E-state index contributed by atoms with van der Waals surface area (Å²) in [5.74, 6) is 1.20. The van der Waals surface area contributed by atoms with Crippen LogP contribution >= 0.6 is 0 Å². The number of fused-ring (bicyclic) bond motifs is 3. The second kappa shape index (κ2) is 8.68. The van der Waals surface area contributed by atoms with Crippen LogP contribution in [0.1, 0.15) is 86.0 Å². The predicted octanol–water partition coefficient (Wildman–Crippen LogP) is 7.02. The summed E-state index contributed by atoms with van der Waals surface area (Å²) in [4.78, 5) is 0. The lowest BCUT2D eigenvalue weighted by atomic mass is 9.61. The molecule has 3 heteroatoms. The van der Waals surface area contributed by atoms with Crippen LogP contribution < -0.4 is 0 Å². The number of ether oxygens (including phenoxy) is 1. The molecule has 3 unspecified atom stereocenters. The Morgan fingerprint density at radius 3 is 2.72 bits per heavy atom. The highest BCUT2D eigenvalue weighted by Crippen LogP contribution is 2.53. The maximum absolute atomic E-state index is 11.1. The summed E-state index contributed by atoms with van der Waals surface area (Å²) in [7, 11) is 0. The van der Waals surface area contributed by atoms with Gasteiger partial charge in [-0.05, 0) is 62.0 Å². The first-order chi connectivity index (χ1) is 13.7. The van der Waals surface area contributed by atoms with E-state index in [4.69, 9.17) is 10.00 Å². The number of hydrogen-bond acceptors (Lipinski definition) is 3. The molecule has 0 aromatic rings. The standard InChI is InChI=1S/C26H39NO2/c1-6-7-8-9-13-25(2,3)19-16-22(28)24-20-15-18(12-14-27)10-11-21(20)26(4,5)29-23(24)17-19/h10,16-17,20-21,23-24,28H,6-9,11-13,15H2,1-5H3/t20?,21?,23?,24-/m1/s1. The van der Waals surface area contributed by atoms with Crippen molar-refractivity contribution in [3.05, 3.63) is 35.1 Å². The second-order valence-corrected chi connectivity index (χ2v) is 10.5. The van der Waals surface area contributed by atoms with E-state index in [1.165, 1.54) is 36.8 Å². The van der Waals surface area contributed by atoms with Gasteiger partial charge >= 0.3 is 0 Å². The quantitative estimate of drug-likeness (QED) is 0.371. The first-order valence-corrected chi connectivity index (χ1v) is 11.5. The average molecular weight is 398 g/mol. The fourth-order valence-corrected chi connectivity index (χ4v) is 5.74. The van der Waals surface area contributed by atoms with E-state index in [1.54, 1.807) is 0 Å². The zero-order valence-corrected chi connectivity index (χ0v) is 19.0. The molecule has 3 aliphatic rings. The van der Waals surface area contributed by atoms with E-state index in [0.717, 1.165) is 19.3 Å². The lowest BCUT2D eigenvalue weighted by molar-refractivity contribution is -0.177. The van der Waals surface area contributed by atoms with Gasteiger partial charge in [0.1, 0.15) is 0 Å². The largest absolute Gasteiger partial charge is 0.512 e. The highest BCUT2D eigenvalue weighted by atomic mass is 16.5. The van der Waals surface area contributed by atoms with Crippen molar-refractivity contribution in [2.45, 2.75) is 97.7 Å². The van der Waals surface area contributed by atoms with E-state index in [2.05, 4.69) is 52.8 Å². The molecule has 1 saturated heterocycles. The molecule has 160 valence electrons. The van der Waals surface area contributed by atoms with Gasteiger partial charge in [-0.1, -0.05) is 64.2 Å². The number of nitriles is 1. The molecule has 3 nitrogen and oxygen atoms in total. The van der Waals surface area contributed by atoms with E-state index >= 15 is 0 Å². The van der Waals surface area contributed by atoms with Gasteiger partial charge in [0, 0.05) is 5.92 Å². The number of allylic oxidation sites excluding steroid dienone is 4.